The van der Waals surface area contributed by atoms with Crippen molar-refractivity contribution in [3.05, 3.63) is 11.1 Å². The van der Waals surface area contributed by atoms with Crippen molar-refractivity contribution in [1.29, 1.82) is 0 Å². The fourth-order valence-corrected chi connectivity index (χ4v) is 3.10. The summed E-state index contributed by atoms with van der Waals surface area (Å²) in [6.07, 6.45) is 5.45. The van der Waals surface area contributed by atoms with Crippen LogP contribution >= 0.6 is 11.3 Å². The topological polar surface area (TPSA) is 71.5 Å². The number of hydrogen-bond acceptors (Lipinski definition) is 5. The highest BCUT2D eigenvalue weighted by atomic mass is 32.1. The molecule has 1 aromatic heterocycles. The van der Waals surface area contributed by atoms with Gasteiger partial charge in [-0.3, -0.25) is 9.59 Å². The van der Waals surface area contributed by atoms with E-state index in [0.717, 1.165) is 37.8 Å². The molecule has 0 fully saturated rings. The second-order valence-corrected chi connectivity index (χ2v) is 6.88. The lowest BCUT2D eigenvalue weighted by Crippen LogP contribution is -2.39. The molecule has 0 unspecified atom stereocenters. The summed E-state index contributed by atoms with van der Waals surface area (Å²) in [5.74, 6) is -0.161. The van der Waals surface area contributed by atoms with Crippen molar-refractivity contribution in [3.63, 3.8) is 0 Å². The molecule has 0 bridgehead atoms. The number of aromatic nitrogens is 1. The molecule has 25 heavy (non-hydrogen) atoms. The molecule has 6 nitrogen and oxygen atoms in total. The van der Waals surface area contributed by atoms with Gasteiger partial charge in [0.05, 0.1) is 12.2 Å². The van der Waals surface area contributed by atoms with Gasteiger partial charge in [-0.1, -0.05) is 26.2 Å². The van der Waals surface area contributed by atoms with Gasteiger partial charge in [0.15, 0.2) is 5.13 Å². The normalized spacial score (nSPS) is 10.7. The van der Waals surface area contributed by atoms with Crippen LogP contribution in [0.4, 0.5) is 5.13 Å². The first-order valence-corrected chi connectivity index (χ1v) is 10.0. The van der Waals surface area contributed by atoms with Gasteiger partial charge < -0.3 is 15.0 Å². The standard InChI is InChI=1S/C18H31N3O3S/c1-4-6-7-8-10-17(23)21(11-9-12-24-5-2)13-16(22)20-18-19-15(3)14-25-18/h14H,4-13H2,1-3H3,(H,19,20,22). The average Bonchev–Trinajstić information content (AvgIpc) is 2.99. The molecular formula is C18H31N3O3S. The Kier molecular flexibility index (Phi) is 11.1. The molecule has 0 saturated carbocycles. The van der Waals surface area contributed by atoms with Crippen LogP contribution in [0.25, 0.3) is 0 Å². The second-order valence-electron chi connectivity index (χ2n) is 6.02. The van der Waals surface area contributed by atoms with Gasteiger partial charge >= 0.3 is 0 Å². The smallest absolute Gasteiger partial charge is 0.245 e. The summed E-state index contributed by atoms with van der Waals surface area (Å²) in [6.45, 7) is 7.84. The number of carbonyl (C=O) groups excluding carboxylic acids is 2. The van der Waals surface area contributed by atoms with Gasteiger partial charge in [0.25, 0.3) is 0 Å². The molecule has 0 saturated heterocycles. The Morgan fingerprint density at radius 2 is 2.04 bits per heavy atom. The molecule has 0 aromatic carbocycles. The molecule has 0 aliphatic rings. The summed E-state index contributed by atoms with van der Waals surface area (Å²) in [5.41, 5.74) is 0.876. The fraction of sp³-hybridized carbons (Fsp3) is 0.722. The van der Waals surface area contributed by atoms with E-state index >= 15 is 0 Å². The van der Waals surface area contributed by atoms with Crippen LogP contribution in [0.5, 0.6) is 0 Å². The Bertz CT molecular complexity index is 519. The van der Waals surface area contributed by atoms with Gasteiger partial charge in [-0.15, -0.1) is 11.3 Å². The first-order valence-electron chi connectivity index (χ1n) is 9.14. The van der Waals surface area contributed by atoms with Gasteiger partial charge in [-0.25, -0.2) is 4.98 Å². The van der Waals surface area contributed by atoms with E-state index in [1.54, 1.807) is 4.90 Å². The quantitative estimate of drug-likeness (QED) is 0.539. The number of nitrogens with zero attached hydrogens (tertiary/aromatic N) is 2. The highest BCUT2D eigenvalue weighted by Gasteiger charge is 2.17. The summed E-state index contributed by atoms with van der Waals surface area (Å²) in [4.78, 5) is 30.5. The molecule has 1 aromatic rings. The van der Waals surface area contributed by atoms with Crippen LogP contribution in [0.2, 0.25) is 0 Å². The van der Waals surface area contributed by atoms with Crippen molar-refractivity contribution in [2.45, 2.75) is 59.3 Å². The highest BCUT2D eigenvalue weighted by molar-refractivity contribution is 7.13. The van der Waals surface area contributed by atoms with Gasteiger partial charge in [0, 0.05) is 31.6 Å². The molecule has 0 aliphatic heterocycles. The lowest BCUT2D eigenvalue weighted by atomic mass is 10.1. The summed E-state index contributed by atoms with van der Waals surface area (Å²) in [6, 6.07) is 0. The van der Waals surface area contributed by atoms with Crippen LogP contribution in [0.3, 0.4) is 0 Å². The number of anilines is 1. The molecule has 0 radical (unpaired) electrons. The van der Waals surface area contributed by atoms with E-state index in [1.807, 2.05) is 19.2 Å². The predicted octanol–water partition coefficient (Wildman–Crippen LogP) is 3.62. The van der Waals surface area contributed by atoms with Crippen LogP contribution in [0.15, 0.2) is 5.38 Å². The third kappa shape index (κ3) is 9.55. The summed E-state index contributed by atoms with van der Waals surface area (Å²) < 4.78 is 5.33. The van der Waals surface area contributed by atoms with Crippen LogP contribution in [0, 0.1) is 6.92 Å². The SMILES string of the molecule is CCCCCCC(=O)N(CCCOCC)CC(=O)Nc1nc(C)cs1. The number of amides is 2. The first-order chi connectivity index (χ1) is 12.1. The summed E-state index contributed by atoms with van der Waals surface area (Å²) in [7, 11) is 0. The third-order valence-corrected chi connectivity index (χ3v) is 4.59. The number of unbranched alkanes of at least 4 members (excludes halogenated alkanes) is 3. The summed E-state index contributed by atoms with van der Waals surface area (Å²) in [5, 5.41) is 5.23. The van der Waals surface area contributed by atoms with E-state index in [0.29, 0.717) is 31.3 Å². The Morgan fingerprint density at radius 3 is 2.68 bits per heavy atom. The van der Waals surface area contributed by atoms with Crippen molar-refractivity contribution in [1.82, 2.24) is 9.88 Å². The molecule has 0 spiro atoms. The zero-order valence-electron chi connectivity index (χ0n) is 15.7. The number of thiazole rings is 1. The average molecular weight is 370 g/mol. The molecule has 0 atom stereocenters. The maximum atomic E-state index is 12.5. The number of nitrogens with one attached hydrogen (secondary N) is 1. The van der Waals surface area contributed by atoms with Gasteiger partial charge in [0.1, 0.15) is 0 Å². The number of carbonyl (C=O) groups is 2. The minimum Gasteiger partial charge on any atom is -0.382 e. The van der Waals surface area contributed by atoms with E-state index < -0.39 is 0 Å². The van der Waals surface area contributed by atoms with Gasteiger partial charge in [-0.2, -0.15) is 0 Å². The van der Waals surface area contributed by atoms with Crippen molar-refractivity contribution >= 4 is 28.3 Å². The maximum absolute atomic E-state index is 12.5. The van der Waals surface area contributed by atoms with Crippen LogP contribution < -0.4 is 5.32 Å². The molecule has 0 aliphatic carbocycles. The van der Waals surface area contributed by atoms with Crippen molar-refractivity contribution < 1.29 is 14.3 Å². The van der Waals surface area contributed by atoms with Gasteiger partial charge in [0.2, 0.25) is 11.8 Å². The molecule has 142 valence electrons. The van der Waals surface area contributed by atoms with E-state index in [9.17, 15) is 9.59 Å². The Hall–Kier alpha value is -1.47. The molecule has 1 rings (SSSR count). The van der Waals surface area contributed by atoms with Crippen LogP contribution in [-0.2, 0) is 14.3 Å². The summed E-state index contributed by atoms with van der Waals surface area (Å²) >= 11 is 1.39. The fourth-order valence-electron chi connectivity index (χ4n) is 2.40. The number of hydrogen-bond donors (Lipinski definition) is 1. The molecule has 2 amide bonds. The maximum Gasteiger partial charge on any atom is 0.245 e. The number of aryl methyl sites for hydroxylation is 1. The third-order valence-electron chi connectivity index (χ3n) is 3.72. The van der Waals surface area contributed by atoms with Crippen LogP contribution in [-0.4, -0.2) is 48.0 Å². The highest BCUT2D eigenvalue weighted by Crippen LogP contribution is 2.14. The Morgan fingerprint density at radius 1 is 1.24 bits per heavy atom. The van der Waals surface area contributed by atoms with Crippen molar-refractivity contribution in [2.75, 3.05) is 31.6 Å². The van der Waals surface area contributed by atoms with Crippen LogP contribution in [0.1, 0.15) is 58.1 Å². The molecule has 7 heteroatoms. The van der Waals surface area contributed by atoms with E-state index in [2.05, 4.69) is 17.2 Å². The largest absolute Gasteiger partial charge is 0.382 e. The van der Waals surface area contributed by atoms with Gasteiger partial charge in [-0.05, 0) is 26.7 Å². The van der Waals surface area contributed by atoms with E-state index in [4.69, 9.17) is 4.74 Å². The minimum absolute atomic E-state index is 0.0399. The Balaban J connectivity index is 2.49. The minimum atomic E-state index is -0.201. The van der Waals surface area contributed by atoms with E-state index in [-0.39, 0.29) is 18.4 Å². The lowest BCUT2D eigenvalue weighted by Gasteiger charge is -2.22. The monoisotopic (exact) mass is 369 g/mol. The zero-order chi connectivity index (χ0) is 18.5. The molecule has 1 heterocycles. The second kappa shape index (κ2) is 12.8. The van der Waals surface area contributed by atoms with Crippen molar-refractivity contribution in [3.8, 4) is 0 Å². The zero-order valence-corrected chi connectivity index (χ0v) is 16.5. The first kappa shape index (κ1) is 21.6. The number of ether oxygens (including phenoxy) is 1. The van der Waals surface area contributed by atoms with E-state index in [1.165, 1.54) is 11.3 Å². The lowest BCUT2D eigenvalue weighted by molar-refractivity contribution is -0.135. The van der Waals surface area contributed by atoms with Crippen molar-refractivity contribution in [2.24, 2.45) is 0 Å². The predicted molar refractivity (Wildman–Crippen MR) is 102 cm³/mol. The molecular weight excluding hydrogens is 338 g/mol. The molecule has 1 N–H and O–H groups in total. The number of rotatable bonds is 13. The Labute approximate surface area is 155 Å².